The van der Waals surface area contributed by atoms with Crippen LogP contribution in [-0.2, 0) is 0 Å². The third kappa shape index (κ3) is 1.32. The van der Waals surface area contributed by atoms with Gasteiger partial charge in [-0.05, 0) is 25.3 Å². The van der Waals surface area contributed by atoms with E-state index in [0.717, 1.165) is 15.2 Å². The second kappa shape index (κ2) is 3.24. The predicted molar refractivity (Wildman–Crippen MR) is 60.0 cm³/mol. The Bertz CT molecular complexity index is 445. The van der Waals surface area contributed by atoms with Crippen molar-refractivity contribution < 1.29 is 5.11 Å². The molecule has 3 heteroatoms. The standard InChI is InChI=1S/C10H10OS2/c1-6-10(11)9-7(12-2)4-3-5-8(9)13-6/h3-5,11H,1-2H3. The van der Waals surface area contributed by atoms with Gasteiger partial charge in [0.25, 0.3) is 0 Å². The van der Waals surface area contributed by atoms with Crippen LogP contribution >= 0.6 is 23.1 Å². The zero-order valence-corrected chi connectivity index (χ0v) is 9.13. The van der Waals surface area contributed by atoms with E-state index in [1.54, 1.807) is 23.1 Å². The van der Waals surface area contributed by atoms with Crippen molar-refractivity contribution in [2.45, 2.75) is 11.8 Å². The number of fused-ring (bicyclic) bond motifs is 1. The molecule has 1 nitrogen and oxygen atoms in total. The fraction of sp³-hybridized carbons (Fsp3) is 0.200. The van der Waals surface area contributed by atoms with Gasteiger partial charge in [-0.2, -0.15) is 0 Å². The Kier molecular flexibility index (Phi) is 2.22. The van der Waals surface area contributed by atoms with Gasteiger partial charge >= 0.3 is 0 Å². The fourth-order valence-electron chi connectivity index (χ4n) is 1.39. The van der Waals surface area contributed by atoms with Gasteiger partial charge in [-0.3, -0.25) is 0 Å². The van der Waals surface area contributed by atoms with Crippen LogP contribution in [0, 0.1) is 6.92 Å². The number of aryl methyl sites for hydroxylation is 1. The van der Waals surface area contributed by atoms with E-state index >= 15 is 0 Å². The van der Waals surface area contributed by atoms with Crippen LogP contribution in [0.4, 0.5) is 0 Å². The van der Waals surface area contributed by atoms with E-state index in [0.29, 0.717) is 5.75 Å². The molecule has 2 rings (SSSR count). The molecule has 0 amide bonds. The van der Waals surface area contributed by atoms with Gasteiger partial charge < -0.3 is 5.11 Å². The van der Waals surface area contributed by atoms with E-state index in [1.165, 1.54) is 4.70 Å². The lowest BCUT2D eigenvalue weighted by Gasteiger charge is -1.98. The highest BCUT2D eigenvalue weighted by molar-refractivity contribution is 7.98. The minimum Gasteiger partial charge on any atom is -0.506 e. The van der Waals surface area contributed by atoms with Crippen molar-refractivity contribution in [3.63, 3.8) is 0 Å². The maximum atomic E-state index is 9.81. The summed E-state index contributed by atoms with van der Waals surface area (Å²) >= 11 is 3.32. The molecule has 0 bridgehead atoms. The quantitative estimate of drug-likeness (QED) is 0.725. The highest BCUT2D eigenvalue weighted by atomic mass is 32.2. The zero-order chi connectivity index (χ0) is 9.42. The van der Waals surface area contributed by atoms with E-state index in [1.807, 2.05) is 31.4 Å². The molecule has 1 heterocycles. The number of thiophene rings is 1. The van der Waals surface area contributed by atoms with Crippen LogP contribution in [0.5, 0.6) is 5.75 Å². The van der Waals surface area contributed by atoms with E-state index in [4.69, 9.17) is 0 Å². The summed E-state index contributed by atoms with van der Waals surface area (Å²) < 4.78 is 1.17. The highest BCUT2D eigenvalue weighted by Crippen LogP contribution is 2.40. The number of rotatable bonds is 1. The van der Waals surface area contributed by atoms with Gasteiger partial charge in [0.05, 0.1) is 0 Å². The molecular weight excluding hydrogens is 200 g/mol. The molecule has 0 saturated heterocycles. The van der Waals surface area contributed by atoms with Gasteiger partial charge in [-0.15, -0.1) is 23.1 Å². The van der Waals surface area contributed by atoms with Crippen LogP contribution in [0.25, 0.3) is 10.1 Å². The first-order chi connectivity index (χ1) is 6.24. The van der Waals surface area contributed by atoms with Crippen LogP contribution in [0.3, 0.4) is 0 Å². The second-order valence-electron chi connectivity index (χ2n) is 2.84. The third-order valence-electron chi connectivity index (χ3n) is 2.04. The molecule has 1 N–H and O–H groups in total. The van der Waals surface area contributed by atoms with E-state index < -0.39 is 0 Å². The molecule has 1 aromatic carbocycles. The lowest BCUT2D eigenvalue weighted by Crippen LogP contribution is -1.71. The topological polar surface area (TPSA) is 20.2 Å². The normalized spacial score (nSPS) is 10.9. The average Bonchev–Trinajstić information content (AvgIpc) is 2.43. The third-order valence-corrected chi connectivity index (χ3v) is 3.88. The maximum Gasteiger partial charge on any atom is 0.138 e. The SMILES string of the molecule is CSc1cccc2sc(C)c(O)c12. The average molecular weight is 210 g/mol. The van der Waals surface area contributed by atoms with Crippen molar-refractivity contribution in [3.05, 3.63) is 23.1 Å². The zero-order valence-electron chi connectivity index (χ0n) is 7.50. The molecule has 0 saturated carbocycles. The summed E-state index contributed by atoms with van der Waals surface area (Å²) in [6.07, 6.45) is 2.03. The second-order valence-corrected chi connectivity index (χ2v) is 4.94. The molecule has 68 valence electrons. The number of thioether (sulfide) groups is 1. The maximum absolute atomic E-state index is 9.81. The molecule has 0 fully saturated rings. The number of hydrogen-bond donors (Lipinski definition) is 1. The summed E-state index contributed by atoms with van der Waals surface area (Å²) in [5.41, 5.74) is 0. The molecule has 0 aliphatic heterocycles. The summed E-state index contributed by atoms with van der Waals surface area (Å²) in [6, 6.07) is 6.12. The van der Waals surface area contributed by atoms with Crippen LogP contribution in [-0.4, -0.2) is 11.4 Å². The molecule has 13 heavy (non-hydrogen) atoms. The minimum atomic E-state index is 0.449. The molecular formula is C10H10OS2. The Labute approximate surface area is 85.4 Å². The van der Waals surface area contributed by atoms with Gasteiger partial charge in [-0.25, -0.2) is 0 Å². The predicted octanol–water partition coefficient (Wildman–Crippen LogP) is 3.64. The molecule has 2 aromatic rings. The molecule has 0 atom stereocenters. The van der Waals surface area contributed by atoms with Gasteiger partial charge in [-0.1, -0.05) is 6.07 Å². The Balaban J connectivity index is 2.87. The van der Waals surface area contributed by atoms with Crippen LogP contribution < -0.4 is 0 Å². The highest BCUT2D eigenvalue weighted by Gasteiger charge is 2.10. The van der Waals surface area contributed by atoms with Gasteiger partial charge in [0, 0.05) is 19.9 Å². The van der Waals surface area contributed by atoms with Crippen molar-refractivity contribution >= 4 is 33.2 Å². The van der Waals surface area contributed by atoms with Crippen LogP contribution in [0.15, 0.2) is 23.1 Å². The van der Waals surface area contributed by atoms with Crippen molar-refractivity contribution in [1.82, 2.24) is 0 Å². The van der Waals surface area contributed by atoms with Gasteiger partial charge in [0.2, 0.25) is 0 Å². The first-order valence-electron chi connectivity index (χ1n) is 3.99. The van der Waals surface area contributed by atoms with Crippen molar-refractivity contribution in [1.29, 1.82) is 0 Å². The summed E-state index contributed by atoms with van der Waals surface area (Å²) in [5.74, 6) is 0.449. The lowest BCUT2D eigenvalue weighted by molar-refractivity contribution is 0.479. The van der Waals surface area contributed by atoms with Crippen LogP contribution in [0.1, 0.15) is 4.88 Å². The van der Waals surface area contributed by atoms with Crippen molar-refractivity contribution in [2.24, 2.45) is 0 Å². The Morgan fingerprint density at radius 1 is 1.38 bits per heavy atom. The van der Waals surface area contributed by atoms with Crippen molar-refractivity contribution in [2.75, 3.05) is 6.26 Å². The smallest absolute Gasteiger partial charge is 0.138 e. The molecule has 0 radical (unpaired) electrons. The minimum absolute atomic E-state index is 0.449. The molecule has 0 aliphatic rings. The van der Waals surface area contributed by atoms with E-state index in [9.17, 15) is 5.11 Å². The van der Waals surface area contributed by atoms with Crippen LogP contribution in [0.2, 0.25) is 0 Å². The monoisotopic (exact) mass is 210 g/mol. The first kappa shape index (κ1) is 8.91. The summed E-state index contributed by atoms with van der Waals surface area (Å²) in [5, 5.41) is 10.8. The summed E-state index contributed by atoms with van der Waals surface area (Å²) in [6.45, 7) is 1.95. The number of aromatic hydroxyl groups is 1. The number of benzene rings is 1. The van der Waals surface area contributed by atoms with E-state index in [2.05, 4.69) is 0 Å². The Morgan fingerprint density at radius 3 is 2.85 bits per heavy atom. The molecule has 0 unspecified atom stereocenters. The first-order valence-corrected chi connectivity index (χ1v) is 6.03. The molecule has 1 aromatic heterocycles. The Hall–Kier alpha value is -0.670. The van der Waals surface area contributed by atoms with Gasteiger partial charge in [0.15, 0.2) is 0 Å². The largest absolute Gasteiger partial charge is 0.506 e. The van der Waals surface area contributed by atoms with Crippen molar-refractivity contribution in [3.8, 4) is 5.75 Å². The number of hydrogen-bond acceptors (Lipinski definition) is 3. The Morgan fingerprint density at radius 2 is 2.15 bits per heavy atom. The summed E-state index contributed by atoms with van der Waals surface area (Å²) in [4.78, 5) is 2.15. The molecule has 0 aliphatic carbocycles. The molecule has 0 spiro atoms. The van der Waals surface area contributed by atoms with Gasteiger partial charge in [0.1, 0.15) is 5.75 Å². The fourth-order valence-corrected chi connectivity index (χ4v) is 3.06. The lowest BCUT2D eigenvalue weighted by atomic mass is 10.2. The van der Waals surface area contributed by atoms with E-state index in [-0.39, 0.29) is 0 Å². The summed E-state index contributed by atoms with van der Waals surface area (Å²) in [7, 11) is 0.